The van der Waals surface area contributed by atoms with Crippen LogP contribution in [0, 0.1) is 5.41 Å². The first kappa shape index (κ1) is 15.9. The highest BCUT2D eigenvalue weighted by molar-refractivity contribution is 5.87. The van der Waals surface area contributed by atoms with E-state index in [1.807, 2.05) is 27.7 Å². The molecule has 0 aromatic carbocycles. The number of carbonyl (C=O) groups excluding carboxylic acids is 2. The predicted molar refractivity (Wildman–Crippen MR) is 67.5 cm³/mol. The van der Waals surface area contributed by atoms with Crippen LogP contribution in [-0.2, 0) is 14.3 Å². The number of hydrogen-bond acceptors (Lipinski definition) is 3. The number of esters is 1. The second-order valence-electron chi connectivity index (χ2n) is 5.86. The molecule has 0 spiro atoms. The average molecular weight is 243 g/mol. The van der Waals surface area contributed by atoms with E-state index in [0.29, 0.717) is 12.8 Å². The van der Waals surface area contributed by atoms with Gasteiger partial charge < -0.3 is 10.1 Å². The van der Waals surface area contributed by atoms with Gasteiger partial charge in [-0.2, -0.15) is 0 Å². The van der Waals surface area contributed by atoms with E-state index in [4.69, 9.17) is 4.74 Å². The lowest BCUT2D eigenvalue weighted by molar-refractivity contribution is -0.150. The van der Waals surface area contributed by atoms with E-state index in [0.717, 1.165) is 6.42 Å². The van der Waals surface area contributed by atoms with Crippen LogP contribution >= 0.6 is 0 Å². The molecule has 0 aliphatic rings. The number of ether oxygens (including phenoxy) is 1. The van der Waals surface area contributed by atoms with Crippen LogP contribution in [0.1, 0.15) is 53.9 Å². The van der Waals surface area contributed by atoms with Gasteiger partial charge >= 0.3 is 5.97 Å². The van der Waals surface area contributed by atoms with Crippen molar-refractivity contribution in [3.63, 3.8) is 0 Å². The molecule has 100 valence electrons. The monoisotopic (exact) mass is 243 g/mol. The Morgan fingerprint density at radius 1 is 1.18 bits per heavy atom. The van der Waals surface area contributed by atoms with Crippen LogP contribution in [0.2, 0.25) is 0 Å². The predicted octanol–water partition coefficient (Wildman–Crippen LogP) is 2.27. The van der Waals surface area contributed by atoms with E-state index >= 15 is 0 Å². The molecule has 0 aromatic rings. The number of nitrogens with one attached hydrogen (secondary N) is 1. The first-order chi connectivity index (χ1) is 7.64. The molecule has 1 amide bonds. The van der Waals surface area contributed by atoms with Crippen LogP contribution in [0.5, 0.6) is 0 Å². The van der Waals surface area contributed by atoms with Crippen molar-refractivity contribution in [2.75, 3.05) is 7.11 Å². The van der Waals surface area contributed by atoms with E-state index in [1.54, 1.807) is 6.92 Å². The van der Waals surface area contributed by atoms with Gasteiger partial charge in [-0.05, 0) is 18.8 Å². The zero-order valence-electron chi connectivity index (χ0n) is 11.8. The van der Waals surface area contributed by atoms with Crippen LogP contribution in [0.25, 0.3) is 0 Å². The Balaban J connectivity index is 4.66. The summed E-state index contributed by atoms with van der Waals surface area (Å²) in [4.78, 5) is 23.5. The summed E-state index contributed by atoms with van der Waals surface area (Å²) in [6.45, 7) is 9.64. The molecule has 4 nitrogen and oxygen atoms in total. The van der Waals surface area contributed by atoms with Crippen molar-refractivity contribution in [1.29, 1.82) is 0 Å². The quantitative estimate of drug-likeness (QED) is 0.754. The highest BCUT2D eigenvalue weighted by Gasteiger charge is 2.35. The summed E-state index contributed by atoms with van der Waals surface area (Å²) in [6.07, 6.45) is 1.78. The van der Waals surface area contributed by atoms with E-state index < -0.39 is 5.54 Å². The summed E-state index contributed by atoms with van der Waals surface area (Å²) in [7, 11) is 1.34. The minimum absolute atomic E-state index is 0.0900. The third-order valence-corrected chi connectivity index (χ3v) is 2.49. The summed E-state index contributed by atoms with van der Waals surface area (Å²) in [5.74, 6) is -0.500. The summed E-state index contributed by atoms with van der Waals surface area (Å²) in [6, 6.07) is 0. The first-order valence-corrected chi connectivity index (χ1v) is 6.04. The fourth-order valence-electron chi connectivity index (χ4n) is 1.77. The van der Waals surface area contributed by atoms with Crippen LogP contribution in [0.3, 0.4) is 0 Å². The van der Waals surface area contributed by atoms with Gasteiger partial charge in [0.05, 0.1) is 7.11 Å². The lowest BCUT2D eigenvalue weighted by atomic mass is 9.90. The number of rotatable bonds is 5. The molecule has 0 saturated heterocycles. The molecule has 0 heterocycles. The van der Waals surface area contributed by atoms with E-state index in [9.17, 15) is 9.59 Å². The number of amides is 1. The summed E-state index contributed by atoms with van der Waals surface area (Å²) in [5, 5.41) is 2.79. The van der Waals surface area contributed by atoms with Crippen molar-refractivity contribution in [1.82, 2.24) is 5.32 Å². The maximum atomic E-state index is 11.9. The van der Waals surface area contributed by atoms with Crippen molar-refractivity contribution in [3.8, 4) is 0 Å². The third-order valence-electron chi connectivity index (χ3n) is 2.49. The minimum atomic E-state index is -0.911. The van der Waals surface area contributed by atoms with Gasteiger partial charge in [0.25, 0.3) is 0 Å². The second kappa shape index (κ2) is 6.03. The van der Waals surface area contributed by atoms with Crippen molar-refractivity contribution in [3.05, 3.63) is 0 Å². The van der Waals surface area contributed by atoms with E-state index in [-0.39, 0.29) is 17.3 Å². The molecule has 0 rings (SSSR count). The van der Waals surface area contributed by atoms with Gasteiger partial charge in [0.15, 0.2) is 0 Å². The summed E-state index contributed by atoms with van der Waals surface area (Å²) < 4.78 is 4.75. The van der Waals surface area contributed by atoms with Gasteiger partial charge in [-0.15, -0.1) is 0 Å². The van der Waals surface area contributed by atoms with E-state index in [1.165, 1.54) is 7.11 Å². The molecule has 4 heteroatoms. The van der Waals surface area contributed by atoms with Gasteiger partial charge in [-0.25, -0.2) is 4.79 Å². The van der Waals surface area contributed by atoms with Crippen LogP contribution < -0.4 is 5.32 Å². The van der Waals surface area contributed by atoms with Crippen LogP contribution in [-0.4, -0.2) is 24.5 Å². The normalized spacial score (nSPS) is 14.9. The van der Waals surface area contributed by atoms with Crippen molar-refractivity contribution in [2.24, 2.45) is 5.41 Å². The van der Waals surface area contributed by atoms with Crippen LogP contribution in [0.15, 0.2) is 0 Å². The smallest absolute Gasteiger partial charge is 0.331 e. The summed E-state index contributed by atoms with van der Waals surface area (Å²) in [5.41, 5.74) is -1.00. The Morgan fingerprint density at radius 2 is 1.71 bits per heavy atom. The maximum Gasteiger partial charge on any atom is 0.331 e. The first-order valence-electron chi connectivity index (χ1n) is 6.04. The van der Waals surface area contributed by atoms with Crippen molar-refractivity contribution < 1.29 is 14.3 Å². The van der Waals surface area contributed by atoms with Crippen LogP contribution in [0.4, 0.5) is 0 Å². The molecule has 1 atom stereocenters. The molecular formula is C13H25NO3. The van der Waals surface area contributed by atoms with Gasteiger partial charge in [-0.3, -0.25) is 4.79 Å². The lowest BCUT2D eigenvalue weighted by Crippen LogP contribution is -2.53. The third kappa shape index (κ3) is 5.71. The zero-order chi connectivity index (χ0) is 13.7. The molecular weight excluding hydrogens is 218 g/mol. The molecule has 0 radical (unpaired) electrons. The number of methoxy groups -OCH3 is 1. The molecule has 0 aliphatic carbocycles. The standard InChI is InChI=1S/C13H25NO3/c1-7-8-13(5,11(16)17-6)14-10(15)9-12(2,3)4/h7-9H2,1-6H3,(H,14,15). The molecule has 0 aromatic heterocycles. The van der Waals surface area contributed by atoms with Crippen molar-refractivity contribution >= 4 is 11.9 Å². The number of carbonyl (C=O) groups is 2. The average Bonchev–Trinajstić information content (AvgIpc) is 2.13. The highest BCUT2D eigenvalue weighted by atomic mass is 16.5. The second-order valence-corrected chi connectivity index (χ2v) is 5.86. The maximum absolute atomic E-state index is 11.9. The Kier molecular flexibility index (Phi) is 5.66. The number of hydrogen-bond donors (Lipinski definition) is 1. The Bertz CT molecular complexity index is 281. The fraction of sp³-hybridized carbons (Fsp3) is 0.846. The molecule has 1 N–H and O–H groups in total. The van der Waals surface area contributed by atoms with E-state index in [2.05, 4.69) is 5.32 Å². The SMILES string of the molecule is CCCC(C)(NC(=O)CC(C)(C)C)C(=O)OC. The highest BCUT2D eigenvalue weighted by Crippen LogP contribution is 2.20. The fourth-order valence-corrected chi connectivity index (χ4v) is 1.77. The molecule has 17 heavy (non-hydrogen) atoms. The van der Waals surface area contributed by atoms with Crippen molar-refractivity contribution in [2.45, 2.75) is 59.4 Å². The Labute approximate surface area is 104 Å². The largest absolute Gasteiger partial charge is 0.467 e. The molecule has 1 unspecified atom stereocenters. The van der Waals surface area contributed by atoms with Gasteiger partial charge in [0, 0.05) is 6.42 Å². The van der Waals surface area contributed by atoms with Gasteiger partial charge in [0.1, 0.15) is 5.54 Å². The molecule has 0 saturated carbocycles. The summed E-state index contributed by atoms with van der Waals surface area (Å²) >= 11 is 0. The zero-order valence-corrected chi connectivity index (χ0v) is 11.8. The Hall–Kier alpha value is -1.06. The topological polar surface area (TPSA) is 55.4 Å². The molecule has 0 fully saturated rings. The molecule has 0 bridgehead atoms. The molecule has 0 aliphatic heterocycles. The van der Waals surface area contributed by atoms with Gasteiger partial charge in [-0.1, -0.05) is 34.1 Å². The lowest BCUT2D eigenvalue weighted by Gasteiger charge is -2.29. The Morgan fingerprint density at radius 3 is 2.06 bits per heavy atom. The minimum Gasteiger partial charge on any atom is -0.467 e. The van der Waals surface area contributed by atoms with Gasteiger partial charge in [0.2, 0.25) is 5.91 Å².